The van der Waals surface area contributed by atoms with Gasteiger partial charge in [0.15, 0.2) is 0 Å². The molecule has 3 aromatic carbocycles. The first-order valence-electron chi connectivity index (χ1n) is 11.5. The van der Waals surface area contributed by atoms with Gasteiger partial charge in [0.1, 0.15) is 18.2 Å². The van der Waals surface area contributed by atoms with Gasteiger partial charge in [-0.3, -0.25) is 4.79 Å². The number of hydrogen-bond donors (Lipinski definition) is 0. The second-order valence-corrected chi connectivity index (χ2v) is 8.37. The summed E-state index contributed by atoms with van der Waals surface area (Å²) in [5, 5.41) is 0. The van der Waals surface area contributed by atoms with Crippen LogP contribution in [0, 0.1) is 5.82 Å². The molecule has 0 radical (unpaired) electrons. The average molecular weight is 448 g/mol. The summed E-state index contributed by atoms with van der Waals surface area (Å²) in [5.41, 5.74) is 5.50. The average Bonchev–Trinajstić information content (AvgIpc) is 2.82. The number of ether oxygens (including phenoxy) is 2. The normalized spacial score (nSPS) is 14.7. The maximum atomic E-state index is 13.2. The minimum absolute atomic E-state index is 0.00288. The third-order valence-electron chi connectivity index (χ3n) is 5.90. The number of rotatable bonds is 3. The standard InChI is InChI=1S/C28H30FNO3/c1-2-21-8-11-27-25(17-21)18-23-4-3-5-24(16-23)20-30(12-13-32-14-15-33-27)28(31)19-22-6-9-26(29)10-7-22/h3-11,16-17H,2,12-15,18-20H2,1H3. The van der Waals surface area contributed by atoms with Crippen LogP contribution in [0.4, 0.5) is 4.39 Å². The maximum absolute atomic E-state index is 13.2. The van der Waals surface area contributed by atoms with Crippen LogP contribution in [-0.4, -0.2) is 37.2 Å². The number of carbonyl (C=O) groups excluding carboxylic acids is 1. The Bertz CT molecular complexity index is 1080. The second kappa shape index (κ2) is 11.1. The largest absolute Gasteiger partial charge is 0.491 e. The number of amides is 1. The van der Waals surface area contributed by atoms with Crippen molar-refractivity contribution in [3.8, 4) is 5.75 Å². The number of halogens is 1. The van der Waals surface area contributed by atoms with Crippen molar-refractivity contribution in [2.75, 3.05) is 26.4 Å². The molecular formula is C28H30FNO3. The van der Waals surface area contributed by atoms with Gasteiger partial charge in [0.2, 0.25) is 5.91 Å². The first kappa shape index (κ1) is 23.0. The molecule has 0 spiro atoms. The molecule has 3 aromatic rings. The predicted octanol–water partition coefficient (Wildman–Crippen LogP) is 4.96. The fraction of sp³-hybridized carbons (Fsp3) is 0.321. The van der Waals surface area contributed by atoms with Gasteiger partial charge in [-0.15, -0.1) is 0 Å². The van der Waals surface area contributed by atoms with E-state index < -0.39 is 0 Å². The number of aryl methyl sites for hydroxylation is 1. The number of carbonyl (C=O) groups is 1. The molecular weight excluding hydrogens is 417 g/mol. The van der Waals surface area contributed by atoms with E-state index in [-0.39, 0.29) is 18.1 Å². The van der Waals surface area contributed by atoms with Gasteiger partial charge in [-0.25, -0.2) is 4.39 Å². The SMILES string of the molecule is CCc1ccc2c(c1)Cc1cccc(c1)CN(C(=O)Cc1ccc(F)cc1)CCOCCO2. The van der Waals surface area contributed by atoms with E-state index in [9.17, 15) is 9.18 Å². The summed E-state index contributed by atoms with van der Waals surface area (Å²) in [6.07, 6.45) is 1.97. The molecule has 33 heavy (non-hydrogen) atoms. The van der Waals surface area contributed by atoms with Crippen molar-refractivity contribution in [1.82, 2.24) is 4.90 Å². The van der Waals surface area contributed by atoms with Gasteiger partial charge >= 0.3 is 0 Å². The summed E-state index contributed by atoms with van der Waals surface area (Å²) >= 11 is 0. The Balaban J connectivity index is 1.56. The molecule has 0 aromatic heterocycles. The van der Waals surface area contributed by atoms with Crippen molar-refractivity contribution in [2.24, 2.45) is 0 Å². The number of nitrogens with zero attached hydrogens (tertiary/aromatic N) is 1. The summed E-state index contributed by atoms with van der Waals surface area (Å²) in [6.45, 7) is 4.50. The molecule has 1 heterocycles. The molecule has 4 nitrogen and oxygen atoms in total. The van der Waals surface area contributed by atoms with Crippen LogP contribution in [-0.2, 0) is 35.3 Å². The molecule has 1 amide bonds. The van der Waals surface area contributed by atoms with E-state index in [4.69, 9.17) is 9.47 Å². The fourth-order valence-electron chi connectivity index (χ4n) is 4.08. The van der Waals surface area contributed by atoms with Crippen LogP contribution in [0.1, 0.15) is 34.7 Å². The molecule has 1 aliphatic rings. The van der Waals surface area contributed by atoms with Gasteiger partial charge in [0.05, 0.1) is 19.6 Å². The lowest BCUT2D eigenvalue weighted by atomic mass is 9.99. The zero-order valence-corrected chi connectivity index (χ0v) is 19.1. The molecule has 0 aliphatic carbocycles. The van der Waals surface area contributed by atoms with E-state index in [1.807, 2.05) is 17.0 Å². The van der Waals surface area contributed by atoms with Crippen LogP contribution in [0.3, 0.4) is 0 Å². The molecule has 0 atom stereocenters. The zero-order valence-electron chi connectivity index (χ0n) is 19.1. The monoisotopic (exact) mass is 447 g/mol. The third kappa shape index (κ3) is 6.42. The molecule has 1 aliphatic heterocycles. The van der Waals surface area contributed by atoms with Crippen LogP contribution in [0.5, 0.6) is 5.75 Å². The Morgan fingerprint density at radius 1 is 0.939 bits per heavy atom. The van der Waals surface area contributed by atoms with Gasteiger partial charge in [0, 0.05) is 19.5 Å². The molecule has 0 saturated heterocycles. The van der Waals surface area contributed by atoms with Gasteiger partial charge in [0.25, 0.3) is 0 Å². The summed E-state index contributed by atoms with van der Waals surface area (Å²) < 4.78 is 25.0. The highest BCUT2D eigenvalue weighted by Crippen LogP contribution is 2.25. The molecule has 0 unspecified atom stereocenters. The Labute approximate surface area is 195 Å². The van der Waals surface area contributed by atoms with Crippen LogP contribution < -0.4 is 4.74 Å². The highest BCUT2D eigenvalue weighted by Gasteiger charge is 2.16. The lowest BCUT2D eigenvalue weighted by Crippen LogP contribution is -2.35. The summed E-state index contributed by atoms with van der Waals surface area (Å²) in [4.78, 5) is 14.9. The molecule has 4 rings (SSSR count). The van der Waals surface area contributed by atoms with Crippen molar-refractivity contribution in [3.63, 3.8) is 0 Å². The quantitative estimate of drug-likeness (QED) is 0.570. The Morgan fingerprint density at radius 3 is 2.55 bits per heavy atom. The van der Waals surface area contributed by atoms with Crippen LogP contribution >= 0.6 is 0 Å². The molecule has 0 saturated carbocycles. The lowest BCUT2D eigenvalue weighted by molar-refractivity contribution is -0.131. The van der Waals surface area contributed by atoms with Crippen LogP contribution in [0.25, 0.3) is 0 Å². The first-order valence-corrected chi connectivity index (χ1v) is 11.5. The van der Waals surface area contributed by atoms with E-state index in [1.54, 1.807) is 12.1 Å². The molecule has 5 heteroatoms. The zero-order chi connectivity index (χ0) is 23.0. The van der Waals surface area contributed by atoms with Crippen molar-refractivity contribution >= 4 is 5.91 Å². The van der Waals surface area contributed by atoms with Gasteiger partial charge in [-0.05, 0) is 52.4 Å². The molecule has 0 N–H and O–H groups in total. The van der Waals surface area contributed by atoms with Gasteiger partial charge in [-0.1, -0.05) is 55.5 Å². The van der Waals surface area contributed by atoms with Crippen molar-refractivity contribution in [3.05, 3.63) is 100 Å². The minimum atomic E-state index is -0.301. The fourth-order valence-corrected chi connectivity index (χ4v) is 4.08. The van der Waals surface area contributed by atoms with Crippen molar-refractivity contribution in [2.45, 2.75) is 32.7 Å². The van der Waals surface area contributed by atoms with Gasteiger partial charge in [-0.2, -0.15) is 0 Å². The van der Waals surface area contributed by atoms with E-state index in [0.717, 1.165) is 35.3 Å². The van der Waals surface area contributed by atoms with Gasteiger partial charge < -0.3 is 14.4 Å². The Morgan fingerprint density at radius 2 is 1.73 bits per heavy atom. The smallest absolute Gasteiger partial charge is 0.227 e. The second-order valence-electron chi connectivity index (χ2n) is 8.37. The number of hydrogen-bond acceptors (Lipinski definition) is 3. The lowest BCUT2D eigenvalue weighted by Gasteiger charge is -2.24. The van der Waals surface area contributed by atoms with Crippen LogP contribution in [0.2, 0.25) is 0 Å². The van der Waals surface area contributed by atoms with E-state index in [2.05, 4.69) is 37.3 Å². The van der Waals surface area contributed by atoms with E-state index in [1.165, 1.54) is 23.3 Å². The predicted molar refractivity (Wildman–Crippen MR) is 127 cm³/mol. The molecule has 172 valence electrons. The van der Waals surface area contributed by atoms with E-state index in [0.29, 0.717) is 32.9 Å². The Hall–Kier alpha value is -3.18. The summed E-state index contributed by atoms with van der Waals surface area (Å²) in [7, 11) is 0. The third-order valence-corrected chi connectivity index (χ3v) is 5.90. The summed E-state index contributed by atoms with van der Waals surface area (Å²) in [6, 6.07) is 20.9. The topological polar surface area (TPSA) is 38.8 Å². The molecule has 0 fully saturated rings. The highest BCUT2D eigenvalue weighted by molar-refractivity contribution is 5.78. The maximum Gasteiger partial charge on any atom is 0.227 e. The van der Waals surface area contributed by atoms with Crippen molar-refractivity contribution in [1.29, 1.82) is 0 Å². The number of benzene rings is 3. The number of fused-ring (bicyclic) bond motifs is 3. The van der Waals surface area contributed by atoms with Crippen molar-refractivity contribution < 1.29 is 18.7 Å². The summed E-state index contributed by atoms with van der Waals surface area (Å²) in [5.74, 6) is 0.593. The highest BCUT2D eigenvalue weighted by atomic mass is 19.1. The van der Waals surface area contributed by atoms with E-state index >= 15 is 0 Å². The van der Waals surface area contributed by atoms with Crippen LogP contribution in [0.15, 0.2) is 66.7 Å². The minimum Gasteiger partial charge on any atom is -0.491 e. The Kier molecular flexibility index (Phi) is 7.74. The molecule has 2 bridgehead atoms. The first-order chi connectivity index (χ1) is 16.1.